The Balaban J connectivity index is 2.16. The Hall–Kier alpha value is -3.03. The van der Waals surface area contributed by atoms with Gasteiger partial charge in [-0.3, -0.25) is 4.79 Å². The topological polar surface area (TPSA) is 110 Å². The van der Waals surface area contributed by atoms with Crippen LogP contribution in [0.3, 0.4) is 0 Å². The molecule has 2 heterocycles. The molecule has 0 radical (unpaired) electrons. The van der Waals surface area contributed by atoms with E-state index in [0.29, 0.717) is 17.2 Å². The Morgan fingerprint density at radius 1 is 1.36 bits per heavy atom. The summed E-state index contributed by atoms with van der Waals surface area (Å²) in [6.45, 7) is 3.98. The number of nitrogens with one attached hydrogen (secondary N) is 1. The van der Waals surface area contributed by atoms with Gasteiger partial charge in [0.05, 0.1) is 12.6 Å². The average molecular weight is 344 g/mol. The molecule has 1 aromatic carbocycles. The second-order valence-corrected chi connectivity index (χ2v) is 5.64. The maximum Gasteiger partial charge on any atom is 0.317 e. The number of hydrogen-bond donors (Lipinski definition) is 3. The standard InChI is InChI=1S/C17H20N4O4/c1-3-5-11-14(16(24)25-4-2)15(21-17(20-11)18-9-19-21)10-6-7-12(22)13(23)8-10/h5-9,14-15,22-23H,3-4H2,1-2H3,(H,18,19,20)/b11-5+/t14-,15+/m0/s1. The van der Waals surface area contributed by atoms with Crippen molar-refractivity contribution in [3.8, 4) is 11.5 Å². The van der Waals surface area contributed by atoms with Gasteiger partial charge in [0.25, 0.3) is 0 Å². The van der Waals surface area contributed by atoms with E-state index in [1.54, 1.807) is 17.7 Å². The number of benzene rings is 1. The highest BCUT2D eigenvalue weighted by atomic mass is 16.5. The summed E-state index contributed by atoms with van der Waals surface area (Å²) in [6, 6.07) is 3.90. The lowest BCUT2D eigenvalue weighted by molar-refractivity contribution is -0.147. The highest BCUT2D eigenvalue weighted by Gasteiger charge is 2.41. The summed E-state index contributed by atoms with van der Waals surface area (Å²) >= 11 is 0. The monoisotopic (exact) mass is 344 g/mol. The summed E-state index contributed by atoms with van der Waals surface area (Å²) < 4.78 is 6.85. The molecule has 0 fully saturated rings. The van der Waals surface area contributed by atoms with Crippen LogP contribution >= 0.6 is 0 Å². The van der Waals surface area contributed by atoms with Gasteiger partial charge in [0.1, 0.15) is 12.2 Å². The summed E-state index contributed by atoms with van der Waals surface area (Å²) in [5.74, 6) is -1.06. The van der Waals surface area contributed by atoms with Crippen LogP contribution in [-0.4, -0.2) is 37.6 Å². The van der Waals surface area contributed by atoms with Gasteiger partial charge in [-0.15, -0.1) is 0 Å². The van der Waals surface area contributed by atoms with E-state index < -0.39 is 17.9 Å². The Bertz CT molecular complexity index is 815. The van der Waals surface area contributed by atoms with E-state index >= 15 is 0 Å². The number of carbonyl (C=O) groups excluding carboxylic acids is 1. The van der Waals surface area contributed by atoms with Gasteiger partial charge in [-0.05, 0) is 31.0 Å². The number of aromatic hydroxyl groups is 2. The fourth-order valence-electron chi connectivity index (χ4n) is 3.01. The van der Waals surface area contributed by atoms with Gasteiger partial charge >= 0.3 is 5.97 Å². The van der Waals surface area contributed by atoms with Gasteiger partial charge in [0.15, 0.2) is 11.5 Å². The van der Waals surface area contributed by atoms with E-state index in [2.05, 4.69) is 15.4 Å². The van der Waals surface area contributed by atoms with Gasteiger partial charge in [-0.2, -0.15) is 10.1 Å². The number of ether oxygens (including phenoxy) is 1. The van der Waals surface area contributed by atoms with E-state index in [0.717, 1.165) is 6.42 Å². The number of hydrogen-bond acceptors (Lipinski definition) is 7. The van der Waals surface area contributed by atoms with E-state index in [1.165, 1.54) is 18.5 Å². The minimum atomic E-state index is -0.668. The number of rotatable bonds is 4. The first-order chi connectivity index (χ1) is 12.1. The molecule has 0 aliphatic carbocycles. The van der Waals surface area contributed by atoms with Crippen LogP contribution in [0, 0.1) is 5.92 Å². The third-order valence-electron chi connectivity index (χ3n) is 4.05. The number of carbonyl (C=O) groups is 1. The Labute approximate surface area is 144 Å². The summed E-state index contributed by atoms with van der Waals surface area (Å²) in [4.78, 5) is 16.9. The summed E-state index contributed by atoms with van der Waals surface area (Å²) in [5, 5.41) is 26.8. The lowest BCUT2D eigenvalue weighted by Gasteiger charge is -2.33. The van der Waals surface area contributed by atoms with E-state index in [1.807, 2.05) is 13.0 Å². The number of fused-ring (bicyclic) bond motifs is 1. The predicted molar refractivity (Wildman–Crippen MR) is 90.1 cm³/mol. The van der Waals surface area contributed by atoms with Crippen molar-refractivity contribution in [1.29, 1.82) is 0 Å². The molecular weight excluding hydrogens is 324 g/mol. The van der Waals surface area contributed by atoms with E-state index in [-0.39, 0.29) is 18.1 Å². The van der Waals surface area contributed by atoms with Crippen LogP contribution in [0.4, 0.5) is 5.95 Å². The van der Waals surface area contributed by atoms with Gasteiger partial charge in [0, 0.05) is 5.70 Å². The normalized spacial score (nSPS) is 20.8. The van der Waals surface area contributed by atoms with Crippen molar-refractivity contribution in [3.63, 3.8) is 0 Å². The van der Waals surface area contributed by atoms with Crippen LogP contribution in [0.1, 0.15) is 31.9 Å². The number of nitrogens with zero attached hydrogens (tertiary/aromatic N) is 3. The summed E-state index contributed by atoms with van der Waals surface area (Å²) in [7, 11) is 0. The van der Waals surface area contributed by atoms with Crippen molar-refractivity contribution in [2.75, 3.05) is 11.9 Å². The maximum atomic E-state index is 12.7. The highest BCUT2D eigenvalue weighted by molar-refractivity contribution is 5.79. The molecule has 8 nitrogen and oxygen atoms in total. The first kappa shape index (κ1) is 16.8. The fraction of sp³-hybridized carbons (Fsp3) is 0.353. The molecule has 0 saturated heterocycles. The average Bonchev–Trinajstić information content (AvgIpc) is 3.04. The zero-order valence-corrected chi connectivity index (χ0v) is 14.0. The first-order valence-corrected chi connectivity index (χ1v) is 8.11. The molecule has 3 rings (SSSR count). The molecule has 2 atom stereocenters. The molecule has 1 aromatic heterocycles. The Morgan fingerprint density at radius 3 is 2.84 bits per heavy atom. The van der Waals surface area contributed by atoms with Gasteiger partial charge in [-0.1, -0.05) is 19.1 Å². The number of phenolic OH excluding ortho intramolecular Hbond substituents is 2. The first-order valence-electron chi connectivity index (χ1n) is 8.11. The van der Waals surface area contributed by atoms with Crippen molar-refractivity contribution >= 4 is 11.9 Å². The van der Waals surface area contributed by atoms with Crippen molar-refractivity contribution in [1.82, 2.24) is 14.8 Å². The van der Waals surface area contributed by atoms with Gasteiger partial charge < -0.3 is 20.3 Å². The molecule has 3 N–H and O–H groups in total. The lowest BCUT2D eigenvalue weighted by atomic mass is 9.88. The Morgan fingerprint density at radius 2 is 2.16 bits per heavy atom. The van der Waals surface area contributed by atoms with Crippen LogP contribution in [0.25, 0.3) is 0 Å². The van der Waals surface area contributed by atoms with Crippen LogP contribution in [-0.2, 0) is 9.53 Å². The third kappa shape index (κ3) is 3.02. The van der Waals surface area contributed by atoms with Crippen LogP contribution in [0.2, 0.25) is 0 Å². The summed E-state index contributed by atoms with van der Waals surface area (Å²) in [6.07, 6.45) is 4.03. The fourth-order valence-corrected chi connectivity index (χ4v) is 3.01. The second kappa shape index (κ2) is 6.84. The number of aromatic nitrogens is 3. The minimum absolute atomic E-state index is 0.228. The zero-order valence-electron chi connectivity index (χ0n) is 14.0. The molecule has 1 aliphatic heterocycles. The number of esters is 1. The maximum absolute atomic E-state index is 12.7. The SMILES string of the molecule is CC/C=C1/Nc2ncnn2[C@H](c2ccc(O)c(O)c2)[C@H]1C(=O)OCC. The Kier molecular flexibility index (Phi) is 4.60. The largest absolute Gasteiger partial charge is 0.504 e. The highest BCUT2D eigenvalue weighted by Crippen LogP contribution is 2.40. The molecule has 0 amide bonds. The quantitative estimate of drug-likeness (QED) is 0.576. The molecule has 0 unspecified atom stereocenters. The molecule has 8 heteroatoms. The predicted octanol–water partition coefficient (Wildman–Crippen LogP) is 2.18. The van der Waals surface area contributed by atoms with Crippen molar-refractivity contribution in [2.45, 2.75) is 26.3 Å². The van der Waals surface area contributed by atoms with E-state index in [9.17, 15) is 15.0 Å². The van der Waals surface area contributed by atoms with Crippen LogP contribution in [0.5, 0.6) is 11.5 Å². The number of phenols is 2. The van der Waals surface area contributed by atoms with Gasteiger partial charge in [0.2, 0.25) is 5.95 Å². The van der Waals surface area contributed by atoms with Crippen molar-refractivity contribution in [2.24, 2.45) is 5.92 Å². The van der Waals surface area contributed by atoms with E-state index in [4.69, 9.17) is 4.74 Å². The molecule has 1 aliphatic rings. The summed E-state index contributed by atoms with van der Waals surface area (Å²) in [5.41, 5.74) is 1.29. The van der Waals surface area contributed by atoms with Crippen LogP contribution in [0.15, 0.2) is 36.3 Å². The smallest absolute Gasteiger partial charge is 0.317 e. The van der Waals surface area contributed by atoms with Crippen LogP contribution < -0.4 is 5.32 Å². The molecule has 0 bridgehead atoms. The second-order valence-electron chi connectivity index (χ2n) is 5.64. The molecule has 132 valence electrons. The number of allylic oxidation sites excluding steroid dienone is 1. The lowest BCUT2D eigenvalue weighted by Crippen LogP contribution is -2.38. The van der Waals surface area contributed by atoms with Crippen molar-refractivity contribution < 1.29 is 19.7 Å². The molecule has 0 spiro atoms. The minimum Gasteiger partial charge on any atom is -0.504 e. The number of anilines is 1. The molecule has 25 heavy (non-hydrogen) atoms. The molecule has 0 saturated carbocycles. The van der Waals surface area contributed by atoms with Crippen molar-refractivity contribution in [3.05, 3.63) is 41.9 Å². The van der Waals surface area contributed by atoms with Gasteiger partial charge in [-0.25, -0.2) is 4.68 Å². The molecular formula is C17H20N4O4. The zero-order chi connectivity index (χ0) is 18.0. The molecule has 2 aromatic rings. The third-order valence-corrected chi connectivity index (χ3v) is 4.05.